The van der Waals surface area contributed by atoms with E-state index in [-0.39, 0.29) is 22.0 Å². The fourth-order valence-corrected chi connectivity index (χ4v) is 6.13. The van der Waals surface area contributed by atoms with E-state index < -0.39 is 15.8 Å². The number of piperidine rings is 1. The SMILES string of the molecule is O=C(NCC1(N2CCCCC2)CCCCC1)c1ccc(S(=O)(=O)Nc2ccccc2F)cc1. The number of nitrogens with one attached hydrogen (secondary N) is 2. The molecule has 0 aromatic heterocycles. The van der Waals surface area contributed by atoms with E-state index in [1.807, 2.05) is 0 Å². The van der Waals surface area contributed by atoms with Crippen molar-refractivity contribution in [1.82, 2.24) is 10.2 Å². The maximum atomic E-state index is 13.8. The second-order valence-electron chi connectivity index (χ2n) is 9.13. The van der Waals surface area contributed by atoms with Crippen LogP contribution in [0.2, 0.25) is 0 Å². The average Bonchev–Trinajstić information content (AvgIpc) is 2.85. The van der Waals surface area contributed by atoms with E-state index in [9.17, 15) is 17.6 Å². The number of amides is 1. The Morgan fingerprint density at radius 1 is 0.909 bits per heavy atom. The van der Waals surface area contributed by atoms with Crippen LogP contribution in [-0.2, 0) is 10.0 Å². The number of hydrogen-bond donors (Lipinski definition) is 2. The van der Waals surface area contributed by atoms with Crippen LogP contribution < -0.4 is 10.0 Å². The van der Waals surface area contributed by atoms with Gasteiger partial charge in [0.2, 0.25) is 0 Å². The highest BCUT2D eigenvalue weighted by Gasteiger charge is 2.38. The van der Waals surface area contributed by atoms with Crippen molar-refractivity contribution in [3.05, 3.63) is 59.9 Å². The normalized spacial score (nSPS) is 19.1. The molecule has 0 atom stereocenters. The Morgan fingerprint density at radius 2 is 1.55 bits per heavy atom. The number of rotatable bonds is 7. The molecule has 1 amide bonds. The molecule has 1 saturated heterocycles. The van der Waals surface area contributed by atoms with Gasteiger partial charge in [0.15, 0.2) is 0 Å². The zero-order chi connectivity index (χ0) is 23.3. The monoisotopic (exact) mass is 473 g/mol. The third-order valence-electron chi connectivity index (χ3n) is 6.93. The van der Waals surface area contributed by atoms with Gasteiger partial charge in [-0.05, 0) is 75.2 Å². The lowest BCUT2D eigenvalue weighted by Gasteiger charge is -2.48. The smallest absolute Gasteiger partial charge is 0.261 e. The molecule has 1 heterocycles. The van der Waals surface area contributed by atoms with Gasteiger partial charge >= 0.3 is 0 Å². The molecule has 0 radical (unpaired) electrons. The Labute approximate surface area is 195 Å². The largest absolute Gasteiger partial charge is 0.350 e. The van der Waals surface area contributed by atoms with Gasteiger partial charge < -0.3 is 5.32 Å². The maximum Gasteiger partial charge on any atom is 0.261 e. The van der Waals surface area contributed by atoms with Crippen LogP contribution in [0.4, 0.5) is 10.1 Å². The second kappa shape index (κ2) is 10.2. The number of carbonyl (C=O) groups excluding carboxylic acids is 1. The van der Waals surface area contributed by atoms with Gasteiger partial charge in [-0.25, -0.2) is 12.8 Å². The quantitative estimate of drug-likeness (QED) is 0.619. The fourth-order valence-electron chi connectivity index (χ4n) is 5.06. The van der Waals surface area contributed by atoms with Crippen LogP contribution in [0.15, 0.2) is 53.4 Å². The summed E-state index contributed by atoms with van der Waals surface area (Å²) >= 11 is 0. The van der Waals surface area contributed by atoms with Crippen LogP contribution in [0.25, 0.3) is 0 Å². The highest BCUT2D eigenvalue weighted by molar-refractivity contribution is 7.92. The van der Waals surface area contributed by atoms with E-state index in [0.717, 1.165) is 25.9 Å². The lowest BCUT2D eigenvalue weighted by molar-refractivity contribution is 0.0326. The molecule has 33 heavy (non-hydrogen) atoms. The fraction of sp³-hybridized carbons (Fsp3) is 0.480. The van der Waals surface area contributed by atoms with Gasteiger partial charge in [-0.15, -0.1) is 0 Å². The molecule has 2 aromatic carbocycles. The molecule has 1 saturated carbocycles. The topological polar surface area (TPSA) is 78.5 Å². The van der Waals surface area contributed by atoms with Crippen molar-refractivity contribution in [1.29, 1.82) is 0 Å². The number of carbonyl (C=O) groups is 1. The molecule has 0 bridgehead atoms. The number of halogens is 1. The van der Waals surface area contributed by atoms with E-state index in [1.54, 1.807) is 6.07 Å². The van der Waals surface area contributed by atoms with Gasteiger partial charge in [0.25, 0.3) is 15.9 Å². The predicted molar refractivity (Wildman–Crippen MR) is 127 cm³/mol. The van der Waals surface area contributed by atoms with Gasteiger partial charge in [-0.3, -0.25) is 14.4 Å². The molecule has 178 valence electrons. The first-order valence-electron chi connectivity index (χ1n) is 11.8. The Balaban J connectivity index is 1.42. The standard InChI is InChI=1S/C25H32FN3O3S/c26-22-9-3-4-10-23(22)28-33(31,32)21-13-11-20(12-14-21)24(30)27-19-25(15-5-1-6-16-25)29-17-7-2-8-18-29/h3-4,9-14,28H,1-2,5-8,15-19H2,(H,27,30). The van der Waals surface area contributed by atoms with Crippen molar-refractivity contribution in [2.75, 3.05) is 24.4 Å². The third-order valence-corrected chi connectivity index (χ3v) is 8.32. The summed E-state index contributed by atoms with van der Waals surface area (Å²) in [5.41, 5.74) is 0.320. The number of anilines is 1. The minimum Gasteiger partial charge on any atom is -0.350 e. The molecule has 0 spiro atoms. The zero-order valence-electron chi connectivity index (χ0n) is 18.9. The van der Waals surface area contributed by atoms with Crippen molar-refractivity contribution in [2.24, 2.45) is 0 Å². The van der Waals surface area contributed by atoms with Gasteiger partial charge in [0.1, 0.15) is 5.82 Å². The van der Waals surface area contributed by atoms with Crippen LogP contribution in [0.1, 0.15) is 61.7 Å². The number of para-hydroxylation sites is 1. The van der Waals surface area contributed by atoms with Crippen molar-refractivity contribution in [2.45, 2.75) is 61.8 Å². The first-order chi connectivity index (χ1) is 15.9. The van der Waals surface area contributed by atoms with Crippen molar-refractivity contribution in [3.63, 3.8) is 0 Å². The minimum atomic E-state index is -3.96. The van der Waals surface area contributed by atoms with E-state index in [4.69, 9.17) is 0 Å². The van der Waals surface area contributed by atoms with E-state index in [2.05, 4.69) is 14.9 Å². The molecular formula is C25H32FN3O3S. The molecule has 2 fully saturated rings. The van der Waals surface area contributed by atoms with E-state index in [0.29, 0.717) is 12.1 Å². The zero-order valence-corrected chi connectivity index (χ0v) is 19.7. The molecule has 2 N–H and O–H groups in total. The van der Waals surface area contributed by atoms with Crippen molar-refractivity contribution in [3.8, 4) is 0 Å². The van der Waals surface area contributed by atoms with Crippen LogP contribution in [0.3, 0.4) is 0 Å². The molecule has 2 aromatic rings. The number of benzene rings is 2. The first kappa shape index (κ1) is 23.7. The predicted octanol–water partition coefficient (Wildman–Crippen LogP) is 4.55. The van der Waals surface area contributed by atoms with Crippen LogP contribution in [0, 0.1) is 5.82 Å². The Hall–Kier alpha value is -2.45. The second-order valence-corrected chi connectivity index (χ2v) is 10.8. The van der Waals surface area contributed by atoms with Crippen molar-refractivity contribution < 1.29 is 17.6 Å². The van der Waals surface area contributed by atoms with E-state index in [1.165, 1.54) is 81.0 Å². The molecule has 2 aliphatic rings. The third kappa shape index (κ3) is 5.55. The lowest BCUT2D eigenvalue weighted by atomic mass is 9.79. The van der Waals surface area contributed by atoms with Gasteiger partial charge in [-0.2, -0.15) is 0 Å². The summed E-state index contributed by atoms with van der Waals surface area (Å²) in [6.07, 6.45) is 9.54. The van der Waals surface area contributed by atoms with Gasteiger partial charge in [0, 0.05) is 17.6 Å². The lowest BCUT2D eigenvalue weighted by Crippen LogP contribution is -2.58. The molecule has 1 aliphatic heterocycles. The minimum absolute atomic E-state index is 0.0284. The van der Waals surface area contributed by atoms with Gasteiger partial charge in [0.05, 0.1) is 10.6 Å². The highest BCUT2D eigenvalue weighted by atomic mass is 32.2. The molecule has 8 heteroatoms. The molecular weight excluding hydrogens is 441 g/mol. The van der Waals surface area contributed by atoms with Crippen LogP contribution >= 0.6 is 0 Å². The number of sulfonamides is 1. The molecule has 0 unspecified atom stereocenters. The average molecular weight is 474 g/mol. The molecule has 1 aliphatic carbocycles. The van der Waals surface area contributed by atoms with Crippen LogP contribution in [-0.4, -0.2) is 44.4 Å². The summed E-state index contributed by atoms with van der Waals surface area (Å²) in [5.74, 6) is -0.856. The van der Waals surface area contributed by atoms with Crippen LogP contribution in [0.5, 0.6) is 0 Å². The molecule has 4 rings (SSSR count). The van der Waals surface area contributed by atoms with Crippen molar-refractivity contribution >= 4 is 21.6 Å². The maximum absolute atomic E-state index is 13.8. The summed E-state index contributed by atoms with van der Waals surface area (Å²) in [6, 6.07) is 11.3. The number of likely N-dealkylation sites (tertiary alicyclic amines) is 1. The van der Waals surface area contributed by atoms with E-state index >= 15 is 0 Å². The Morgan fingerprint density at radius 3 is 2.21 bits per heavy atom. The number of nitrogens with zero attached hydrogens (tertiary/aromatic N) is 1. The Kier molecular flexibility index (Phi) is 7.34. The summed E-state index contributed by atoms with van der Waals surface area (Å²) in [7, 11) is -3.96. The Bertz CT molecular complexity index is 1060. The summed E-state index contributed by atoms with van der Waals surface area (Å²) in [4.78, 5) is 15.4. The summed E-state index contributed by atoms with van der Waals surface area (Å²) in [6.45, 7) is 2.80. The van der Waals surface area contributed by atoms with Gasteiger partial charge in [-0.1, -0.05) is 37.8 Å². The first-order valence-corrected chi connectivity index (χ1v) is 13.3. The summed E-state index contributed by atoms with van der Waals surface area (Å²) < 4.78 is 41.3. The summed E-state index contributed by atoms with van der Waals surface area (Å²) in [5, 5.41) is 3.12. The molecule has 6 nitrogen and oxygen atoms in total. The number of hydrogen-bond acceptors (Lipinski definition) is 4. The highest BCUT2D eigenvalue weighted by Crippen LogP contribution is 2.35.